The van der Waals surface area contributed by atoms with Crippen molar-refractivity contribution in [2.45, 2.75) is 33.6 Å². The molecule has 0 saturated carbocycles. The van der Waals surface area contributed by atoms with E-state index in [1.165, 1.54) is 5.06 Å². The number of amides is 3. The average Bonchev–Trinajstić information content (AvgIpc) is 2.60. The van der Waals surface area contributed by atoms with Gasteiger partial charge in [-0.1, -0.05) is 20.8 Å². The number of carbonyl (C=O) groups is 2. The van der Waals surface area contributed by atoms with Crippen LogP contribution in [0.15, 0.2) is 18.2 Å². The van der Waals surface area contributed by atoms with Crippen LogP contribution in [0.5, 0.6) is 5.75 Å². The highest BCUT2D eigenvalue weighted by Gasteiger charge is 2.32. The molecule has 0 unspecified atom stereocenters. The fraction of sp³-hybridized carbons (Fsp3) is 0.556. The third kappa shape index (κ3) is 3.87. The molecular weight excluding hydrogens is 322 g/mol. The molecule has 7 nitrogen and oxygen atoms in total. The highest BCUT2D eigenvalue weighted by atomic mass is 16.7. The molecule has 1 aromatic rings. The molecule has 7 heteroatoms. The van der Waals surface area contributed by atoms with E-state index in [0.29, 0.717) is 43.4 Å². The van der Waals surface area contributed by atoms with E-state index in [1.54, 1.807) is 23.1 Å². The minimum Gasteiger partial charge on any atom is -0.490 e. The minimum atomic E-state index is -0.491. The van der Waals surface area contributed by atoms with Gasteiger partial charge in [-0.2, -0.15) is 0 Å². The fourth-order valence-electron chi connectivity index (χ4n) is 2.85. The highest BCUT2D eigenvalue weighted by molar-refractivity contribution is 5.99. The number of hydrogen-bond donors (Lipinski definition) is 1. The molecule has 2 heterocycles. The molecule has 2 aliphatic rings. The molecule has 0 spiro atoms. The molecule has 2 aliphatic heterocycles. The minimum absolute atomic E-state index is 0.0277. The summed E-state index contributed by atoms with van der Waals surface area (Å²) in [5.41, 5.74) is 0.800. The Hall–Kier alpha value is -2.28. The van der Waals surface area contributed by atoms with Crippen LogP contribution in [0, 0.1) is 5.41 Å². The Kier molecular flexibility index (Phi) is 4.85. The third-order valence-electron chi connectivity index (χ3n) is 4.19. The molecule has 0 aliphatic carbocycles. The summed E-state index contributed by atoms with van der Waals surface area (Å²) in [6.45, 7) is 7.77. The van der Waals surface area contributed by atoms with Crippen LogP contribution in [-0.2, 0) is 9.63 Å². The van der Waals surface area contributed by atoms with Gasteiger partial charge in [0.05, 0.1) is 25.4 Å². The molecule has 3 rings (SSSR count). The van der Waals surface area contributed by atoms with Crippen LogP contribution >= 0.6 is 0 Å². The van der Waals surface area contributed by atoms with Crippen molar-refractivity contribution < 1.29 is 19.2 Å². The quantitative estimate of drug-likeness (QED) is 0.848. The Balaban J connectivity index is 1.79. The van der Waals surface area contributed by atoms with Gasteiger partial charge in [-0.15, -0.1) is 0 Å². The highest BCUT2D eigenvalue weighted by Crippen LogP contribution is 2.36. The van der Waals surface area contributed by atoms with Gasteiger partial charge >= 0.3 is 6.03 Å². The zero-order valence-corrected chi connectivity index (χ0v) is 15.0. The Bertz CT molecular complexity index is 663. The van der Waals surface area contributed by atoms with Crippen molar-refractivity contribution in [1.82, 2.24) is 5.06 Å². The van der Waals surface area contributed by atoms with E-state index in [0.717, 1.165) is 12.8 Å². The summed E-state index contributed by atoms with van der Waals surface area (Å²) in [6.07, 6.45) is 1.89. The summed E-state index contributed by atoms with van der Waals surface area (Å²) in [5.74, 6) is 0.677. The van der Waals surface area contributed by atoms with Crippen molar-refractivity contribution in [1.29, 1.82) is 0 Å². The van der Waals surface area contributed by atoms with Crippen molar-refractivity contribution >= 4 is 23.3 Å². The van der Waals surface area contributed by atoms with Crippen LogP contribution in [0.2, 0.25) is 0 Å². The monoisotopic (exact) mass is 347 g/mol. The van der Waals surface area contributed by atoms with Crippen LogP contribution < -0.4 is 15.0 Å². The number of hydrogen-bond acceptors (Lipinski definition) is 4. The lowest BCUT2D eigenvalue weighted by Gasteiger charge is -2.34. The maximum Gasteiger partial charge on any atom is 0.345 e. The van der Waals surface area contributed by atoms with Gasteiger partial charge in [-0.05, 0) is 31.0 Å². The SMILES string of the molecule is CC(C)(C)C(=O)N1CCOc2ccc(NC(=O)N3CCCCO3)cc21. The molecule has 1 N–H and O–H groups in total. The number of benzene rings is 1. The second kappa shape index (κ2) is 6.92. The number of nitrogens with zero attached hydrogens (tertiary/aromatic N) is 2. The Morgan fingerprint density at radius 1 is 1.12 bits per heavy atom. The topological polar surface area (TPSA) is 71.1 Å². The van der Waals surface area contributed by atoms with Gasteiger partial charge in [0.15, 0.2) is 0 Å². The van der Waals surface area contributed by atoms with Gasteiger partial charge in [0.2, 0.25) is 5.91 Å². The second-order valence-corrected chi connectivity index (χ2v) is 7.31. The van der Waals surface area contributed by atoms with Crippen LogP contribution in [0.3, 0.4) is 0 Å². The zero-order valence-electron chi connectivity index (χ0n) is 15.0. The summed E-state index contributed by atoms with van der Waals surface area (Å²) in [7, 11) is 0. The summed E-state index contributed by atoms with van der Waals surface area (Å²) in [5, 5.41) is 4.17. The van der Waals surface area contributed by atoms with E-state index in [9.17, 15) is 9.59 Å². The van der Waals surface area contributed by atoms with Crippen molar-refractivity contribution in [2.24, 2.45) is 5.41 Å². The molecule has 1 saturated heterocycles. The molecule has 1 aromatic carbocycles. The number of hydroxylamine groups is 2. The van der Waals surface area contributed by atoms with Crippen molar-refractivity contribution in [3.63, 3.8) is 0 Å². The second-order valence-electron chi connectivity index (χ2n) is 7.31. The number of anilines is 2. The first-order valence-corrected chi connectivity index (χ1v) is 8.66. The van der Waals surface area contributed by atoms with Gasteiger partial charge in [0, 0.05) is 11.1 Å². The molecule has 0 atom stereocenters. The summed E-state index contributed by atoms with van der Waals surface area (Å²) < 4.78 is 5.65. The lowest BCUT2D eigenvalue weighted by molar-refractivity contribution is -0.135. The molecule has 1 fully saturated rings. The third-order valence-corrected chi connectivity index (χ3v) is 4.19. The van der Waals surface area contributed by atoms with E-state index in [4.69, 9.17) is 9.57 Å². The number of rotatable bonds is 1. The lowest BCUT2D eigenvalue weighted by Crippen LogP contribution is -2.44. The van der Waals surface area contributed by atoms with Crippen molar-refractivity contribution in [2.75, 3.05) is 36.5 Å². The predicted molar refractivity (Wildman–Crippen MR) is 94.7 cm³/mol. The molecule has 3 amide bonds. The van der Waals surface area contributed by atoms with E-state index in [2.05, 4.69) is 5.32 Å². The number of carbonyl (C=O) groups excluding carboxylic acids is 2. The van der Waals surface area contributed by atoms with Crippen LogP contribution in [0.25, 0.3) is 0 Å². The first-order chi connectivity index (χ1) is 11.9. The molecule has 0 radical (unpaired) electrons. The maximum absolute atomic E-state index is 12.7. The number of nitrogens with one attached hydrogen (secondary N) is 1. The number of urea groups is 1. The number of ether oxygens (including phenoxy) is 1. The summed E-state index contributed by atoms with van der Waals surface area (Å²) >= 11 is 0. The molecule has 0 bridgehead atoms. The first kappa shape index (κ1) is 17.5. The zero-order chi connectivity index (χ0) is 18.0. The number of fused-ring (bicyclic) bond motifs is 1. The van der Waals surface area contributed by atoms with E-state index in [-0.39, 0.29) is 11.9 Å². The van der Waals surface area contributed by atoms with Gasteiger partial charge in [0.25, 0.3) is 0 Å². The Labute approximate surface area is 147 Å². The molecule has 136 valence electrons. The van der Waals surface area contributed by atoms with Gasteiger partial charge in [-0.3, -0.25) is 9.63 Å². The van der Waals surface area contributed by atoms with Gasteiger partial charge in [-0.25, -0.2) is 9.86 Å². The van der Waals surface area contributed by atoms with Gasteiger partial charge < -0.3 is 15.0 Å². The summed E-state index contributed by atoms with van der Waals surface area (Å²) in [4.78, 5) is 32.1. The lowest BCUT2D eigenvalue weighted by atomic mass is 9.94. The normalized spacial score (nSPS) is 17.6. The smallest absolute Gasteiger partial charge is 0.345 e. The van der Waals surface area contributed by atoms with Crippen LogP contribution in [-0.4, -0.2) is 43.3 Å². The fourth-order valence-corrected chi connectivity index (χ4v) is 2.85. The standard InChI is InChI=1S/C18H25N3O4/c1-18(2,3)16(22)20-9-11-24-15-7-6-13(12-14(15)20)19-17(23)21-8-4-5-10-25-21/h6-7,12H,4-5,8-11H2,1-3H3,(H,19,23). The van der Waals surface area contributed by atoms with E-state index in [1.807, 2.05) is 20.8 Å². The first-order valence-electron chi connectivity index (χ1n) is 8.66. The summed E-state index contributed by atoms with van der Waals surface area (Å²) in [6, 6.07) is 5.03. The largest absolute Gasteiger partial charge is 0.490 e. The van der Waals surface area contributed by atoms with E-state index < -0.39 is 5.41 Å². The van der Waals surface area contributed by atoms with Crippen LogP contribution in [0.1, 0.15) is 33.6 Å². The average molecular weight is 347 g/mol. The predicted octanol–water partition coefficient (Wildman–Crippen LogP) is 3.02. The molecule has 25 heavy (non-hydrogen) atoms. The molecule has 0 aromatic heterocycles. The van der Waals surface area contributed by atoms with Crippen molar-refractivity contribution in [3.05, 3.63) is 18.2 Å². The van der Waals surface area contributed by atoms with Crippen LogP contribution in [0.4, 0.5) is 16.2 Å². The van der Waals surface area contributed by atoms with E-state index >= 15 is 0 Å². The Morgan fingerprint density at radius 2 is 1.92 bits per heavy atom. The van der Waals surface area contributed by atoms with Crippen molar-refractivity contribution in [3.8, 4) is 5.75 Å². The van der Waals surface area contributed by atoms with Gasteiger partial charge in [0.1, 0.15) is 12.4 Å². The molecular formula is C18H25N3O4. The Morgan fingerprint density at radius 3 is 2.60 bits per heavy atom. The maximum atomic E-state index is 12.7.